The summed E-state index contributed by atoms with van der Waals surface area (Å²) in [6, 6.07) is 9.05. The van der Waals surface area contributed by atoms with E-state index in [0.717, 1.165) is 6.54 Å². The summed E-state index contributed by atoms with van der Waals surface area (Å²) in [5.74, 6) is 0. The van der Waals surface area contributed by atoms with Crippen LogP contribution in [-0.4, -0.2) is 12.1 Å². The van der Waals surface area contributed by atoms with Crippen molar-refractivity contribution in [2.24, 2.45) is 10.8 Å². The maximum absolute atomic E-state index is 2.61. The molecule has 118 valence electrons. The molecule has 0 N–H and O–H groups in total. The molecule has 0 saturated carbocycles. The van der Waals surface area contributed by atoms with Crippen LogP contribution in [0, 0.1) is 10.8 Å². The molecule has 0 atom stereocenters. The van der Waals surface area contributed by atoms with Gasteiger partial charge in [0, 0.05) is 23.2 Å². The first-order valence-corrected chi connectivity index (χ1v) is 8.19. The SMILES string of the molecule is CC(C)(C)N1CC(C(C)(C)C)(C(C)(C)C)c2ccccc21. The first-order valence-electron chi connectivity index (χ1n) is 8.19. The summed E-state index contributed by atoms with van der Waals surface area (Å²) >= 11 is 0. The van der Waals surface area contributed by atoms with Gasteiger partial charge in [0.2, 0.25) is 0 Å². The van der Waals surface area contributed by atoms with Gasteiger partial charge >= 0.3 is 0 Å². The number of hydrogen-bond donors (Lipinski definition) is 0. The third-order valence-electron chi connectivity index (χ3n) is 5.42. The lowest BCUT2D eigenvalue weighted by Gasteiger charge is -2.52. The summed E-state index contributed by atoms with van der Waals surface area (Å²) in [5.41, 5.74) is 3.68. The van der Waals surface area contributed by atoms with E-state index in [-0.39, 0.29) is 21.8 Å². The van der Waals surface area contributed by atoms with Crippen LogP contribution in [0.2, 0.25) is 0 Å². The van der Waals surface area contributed by atoms with E-state index in [1.165, 1.54) is 11.3 Å². The molecular weight excluding hydrogens is 254 g/mol. The molecule has 21 heavy (non-hydrogen) atoms. The van der Waals surface area contributed by atoms with Gasteiger partial charge in [-0.1, -0.05) is 59.7 Å². The van der Waals surface area contributed by atoms with Crippen LogP contribution in [0.5, 0.6) is 0 Å². The van der Waals surface area contributed by atoms with Gasteiger partial charge in [0.05, 0.1) is 0 Å². The zero-order valence-electron chi connectivity index (χ0n) is 15.5. The minimum absolute atomic E-state index is 0.147. The maximum atomic E-state index is 2.61. The number of benzene rings is 1. The number of fused-ring (bicyclic) bond motifs is 1. The van der Waals surface area contributed by atoms with Crippen LogP contribution in [0.25, 0.3) is 0 Å². The second kappa shape index (κ2) is 4.51. The van der Waals surface area contributed by atoms with Gasteiger partial charge in [0.1, 0.15) is 0 Å². The van der Waals surface area contributed by atoms with Crippen LogP contribution in [0.15, 0.2) is 24.3 Å². The molecule has 1 aromatic rings. The summed E-state index contributed by atoms with van der Waals surface area (Å²) in [4.78, 5) is 2.61. The van der Waals surface area contributed by atoms with Crippen molar-refractivity contribution in [3.8, 4) is 0 Å². The Morgan fingerprint density at radius 1 is 0.810 bits per heavy atom. The Kier molecular flexibility index (Phi) is 3.52. The Bertz CT molecular complexity index is 506. The molecule has 0 aromatic heterocycles. The fourth-order valence-corrected chi connectivity index (χ4v) is 4.48. The predicted molar refractivity (Wildman–Crippen MR) is 94.1 cm³/mol. The van der Waals surface area contributed by atoms with Gasteiger partial charge in [-0.05, 0) is 43.2 Å². The van der Waals surface area contributed by atoms with Crippen LogP contribution in [0.4, 0.5) is 5.69 Å². The highest BCUT2D eigenvalue weighted by Crippen LogP contribution is 2.60. The van der Waals surface area contributed by atoms with Crippen molar-refractivity contribution in [2.45, 2.75) is 73.3 Å². The minimum atomic E-state index is 0.147. The Morgan fingerprint density at radius 2 is 1.29 bits per heavy atom. The summed E-state index contributed by atoms with van der Waals surface area (Å²) in [6.07, 6.45) is 0. The predicted octanol–water partition coefficient (Wildman–Crippen LogP) is 5.64. The quantitative estimate of drug-likeness (QED) is 0.597. The molecular formula is C20H33N. The second-order valence-corrected chi connectivity index (χ2v) is 9.68. The van der Waals surface area contributed by atoms with E-state index in [9.17, 15) is 0 Å². The Labute approximate surface area is 131 Å². The Morgan fingerprint density at radius 3 is 1.71 bits per heavy atom. The van der Waals surface area contributed by atoms with Crippen LogP contribution in [-0.2, 0) is 5.41 Å². The molecule has 0 spiro atoms. The maximum Gasteiger partial charge on any atom is 0.0410 e. The average Bonchev–Trinajstić information content (AvgIpc) is 2.63. The third kappa shape index (κ3) is 2.29. The number of anilines is 1. The minimum Gasteiger partial charge on any atom is -0.366 e. The molecule has 0 radical (unpaired) electrons. The molecule has 0 aliphatic carbocycles. The van der Waals surface area contributed by atoms with Crippen molar-refractivity contribution < 1.29 is 0 Å². The lowest BCUT2D eigenvalue weighted by atomic mass is 9.52. The van der Waals surface area contributed by atoms with Crippen LogP contribution >= 0.6 is 0 Å². The number of hydrogen-bond acceptors (Lipinski definition) is 1. The second-order valence-electron chi connectivity index (χ2n) is 9.68. The molecule has 1 aromatic carbocycles. The molecule has 0 fully saturated rings. The smallest absolute Gasteiger partial charge is 0.0410 e. The molecule has 0 amide bonds. The van der Waals surface area contributed by atoms with Gasteiger partial charge in [0.15, 0.2) is 0 Å². The number of para-hydroxylation sites is 1. The number of nitrogens with zero attached hydrogens (tertiary/aromatic N) is 1. The number of rotatable bonds is 0. The molecule has 0 bridgehead atoms. The van der Waals surface area contributed by atoms with E-state index >= 15 is 0 Å². The van der Waals surface area contributed by atoms with E-state index in [1.54, 1.807) is 0 Å². The van der Waals surface area contributed by atoms with Crippen molar-refractivity contribution >= 4 is 5.69 Å². The first kappa shape index (κ1) is 16.4. The van der Waals surface area contributed by atoms with Crippen molar-refractivity contribution in [3.63, 3.8) is 0 Å². The van der Waals surface area contributed by atoms with Gasteiger partial charge in [-0.15, -0.1) is 0 Å². The topological polar surface area (TPSA) is 3.24 Å². The molecule has 0 saturated heterocycles. The van der Waals surface area contributed by atoms with E-state index in [1.807, 2.05) is 0 Å². The highest BCUT2D eigenvalue weighted by molar-refractivity contribution is 5.65. The van der Waals surface area contributed by atoms with Gasteiger partial charge < -0.3 is 4.90 Å². The molecule has 1 heterocycles. The first-order chi connectivity index (χ1) is 9.32. The molecule has 1 heteroatoms. The van der Waals surface area contributed by atoms with Gasteiger partial charge in [-0.3, -0.25) is 0 Å². The van der Waals surface area contributed by atoms with Crippen molar-refractivity contribution in [1.29, 1.82) is 0 Å². The van der Waals surface area contributed by atoms with Crippen molar-refractivity contribution in [3.05, 3.63) is 29.8 Å². The zero-order valence-corrected chi connectivity index (χ0v) is 15.5. The monoisotopic (exact) mass is 287 g/mol. The summed E-state index contributed by atoms with van der Waals surface area (Å²) in [6.45, 7) is 22.5. The summed E-state index contributed by atoms with van der Waals surface area (Å²) in [5, 5.41) is 0. The highest BCUT2D eigenvalue weighted by atomic mass is 15.2. The summed E-state index contributed by atoms with van der Waals surface area (Å²) in [7, 11) is 0. The van der Waals surface area contributed by atoms with Crippen molar-refractivity contribution in [2.75, 3.05) is 11.4 Å². The van der Waals surface area contributed by atoms with E-state index < -0.39 is 0 Å². The molecule has 1 aliphatic rings. The average molecular weight is 287 g/mol. The molecule has 1 aliphatic heterocycles. The standard InChI is InChI=1S/C20H33N/c1-17(2,3)20(18(4,5)6)14-21(19(7,8)9)16-13-11-10-12-15(16)20/h10-13H,14H2,1-9H3. The third-order valence-corrected chi connectivity index (χ3v) is 5.42. The molecule has 1 nitrogen and oxygen atoms in total. The lowest BCUT2D eigenvalue weighted by Crippen LogP contribution is -2.55. The van der Waals surface area contributed by atoms with Crippen LogP contribution in [0.1, 0.15) is 67.9 Å². The fourth-order valence-electron chi connectivity index (χ4n) is 4.48. The Hall–Kier alpha value is -0.980. The molecule has 2 rings (SSSR count). The normalized spacial score (nSPS) is 18.8. The van der Waals surface area contributed by atoms with E-state index in [2.05, 4.69) is 91.5 Å². The van der Waals surface area contributed by atoms with E-state index in [4.69, 9.17) is 0 Å². The fraction of sp³-hybridized carbons (Fsp3) is 0.700. The van der Waals surface area contributed by atoms with Crippen LogP contribution < -0.4 is 4.90 Å². The van der Waals surface area contributed by atoms with E-state index in [0.29, 0.717) is 0 Å². The van der Waals surface area contributed by atoms with Gasteiger partial charge in [-0.25, -0.2) is 0 Å². The largest absolute Gasteiger partial charge is 0.366 e. The van der Waals surface area contributed by atoms with Gasteiger partial charge in [-0.2, -0.15) is 0 Å². The van der Waals surface area contributed by atoms with Crippen LogP contribution in [0.3, 0.4) is 0 Å². The highest BCUT2D eigenvalue weighted by Gasteiger charge is 2.57. The van der Waals surface area contributed by atoms with Crippen molar-refractivity contribution in [1.82, 2.24) is 0 Å². The Balaban J connectivity index is 2.77. The zero-order chi connectivity index (χ0) is 16.3. The lowest BCUT2D eigenvalue weighted by molar-refractivity contribution is 0.0636. The van der Waals surface area contributed by atoms with Gasteiger partial charge in [0.25, 0.3) is 0 Å². The summed E-state index contributed by atoms with van der Waals surface area (Å²) < 4.78 is 0. The molecule has 0 unspecified atom stereocenters.